The summed E-state index contributed by atoms with van der Waals surface area (Å²) in [4.78, 5) is 4.02. The van der Waals surface area contributed by atoms with Crippen LogP contribution in [0.25, 0.3) is 0 Å². The number of benzene rings is 1. The van der Waals surface area contributed by atoms with Crippen LogP contribution < -0.4 is 10.6 Å². The molecule has 1 aromatic carbocycles. The zero-order valence-corrected chi connectivity index (χ0v) is 19.4. The lowest BCUT2D eigenvalue weighted by atomic mass is 10.1. The number of alkyl halides is 3. The lowest BCUT2D eigenvalue weighted by molar-refractivity contribution is -0.0494. The number of aliphatic imine (C=N–C) groups is 1. The van der Waals surface area contributed by atoms with E-state index in [4.69, 9.17) is 11.6 Å². The average molecular weight is 573 g/mol. The van der Waals surface area contributed by atoms with Gasteiger partial charge in [-0.05, 0) is 31.4 Å². The van der Waals surface area contributed by atoms with Crippen LogP contribution in [0.2, 0.25) is 5.02 Å². The maximum Gasteiger partial charge on any atom is 0.511 e. The molecule has 0 saturated carbocycles. The highest BCUT2D eigenvalue weighted by Crippen LogP contribution is 2.29. The fourth-order valence-electron chi connectivity index (χ4n) is 2.85. The van der Waals surface area contributed by atoms with Gasteiger partial charge in [-0.3, -0.25) is 4.99 Å². The first-order chi connectivity index (χ1) is 13.1. The van der Waals surface area contributed by atoms with Gasteiger partial charge in [-0.15, -0.1) is 24.0 Å². The van der Waals surface area contributed by atoms with Crippen LogP contribution in [0.5, 0.6) is 0 Å². The molecule has 0 radical (unpaired) electrons. The predicted octanol–water partition coefficient (Wildman–Crippen LogP) is 3.12. The highest BCUT2D eigenvalue weighted by atomic mass is 127. The van der Waals surface area contributed by atoms with Crippen molar-refractivity contribution in [2.75, 3.05) is 26.7 Å². The van der Waals surface area contributed by atoms with Crippen LogP contribution >= 0.6 is 35.6 Å². The second-order valence-corrected chi connectivity index (χ2v) is 8.55. The average Bonchev–Trinajstić information content (AvgIpc) is 2.62. The standard InChI is InChI=1S/C16H21ClF4N4O2S.HI/c1-22-15(23-8-5-12-13(17)3-2-4-14(12)18)24-11-6-9-25(10-7-11)28(26,27)16(19,20)21;/h2-4,11H,5-10H2,1H3,(H2,22,23,24);1H. The van der Waals surface area contributed by atoms with Gasteiger partial charge >= 0.3 is 15.5 Å². The van der Waals surface area contributed by atoms with Crippen molar-refractivity contribution in [1.29, 1.82) is 0 Å². The Bertz CT molecular complexity index is 795. The summed E-state index contributed by atoms with van der Waals surface area (Å²) in [5, 5.41) is 6.35. The van der Waals surface area contributed by atoms with Crippen molar-refractivity contribution in [3.05, 3.63) is 34.6 Å². The van der Waals surface area contributed by atoms with Crippen LogP contribution in [0.1, 0.15) is 18.4 Å². The van der Waals surface area contributed by atoms with Gasteiger partial charge in [0.1, 0.15) is 5.82 Å². The molecule has 1 aromatic rings. The molecule has 0 amide bonds. The van der Waals surface area contributed by atoms with E-state index >= 15 is 0 Å². The Morgan fingerprint density at radius 1 is 1.31 bits per heavy atom. The number of hydrogen-bond acceptors (Lipinski definition) is 3. The van der Waals surface area contributed by atoms with Gasteiger partial charge in [0.05, 0.1) is 0 Å². The topological polar surface area (TPSA) is 73.8 Å². The zero-order valence-electron chi connectivity index (χ0n) is 15.5. The van der Waals surface area contributed by atoms with Gasteiger partial charge in [-0.25, -0.2) is 12.8 Å². The van der Waals surface area contributed by atoms with Crippen LogP contribution in [0.3, 0.4) is 0 Å². The number of guanidine groups is 1. The quantitative estimate of drug-likeness (QED) is 0.246. The minimum absolute atomic E-state index is 0. The summed E-state index contributed by atoms with van der Waals surface area (Å²) in [6, 6.07) is 4.19. The first-order valence-corrected chi connectivity index (χ1v) is 10.3. The van der Waals surface area contributed by atoms with Gasteiger partial charge in [-0.2, -0.15) is 17.5 Å². The Hall–Kier alpha value is -0.860. The molecule has 1 saturated heterocycles. The molecule has 0 bridgehead atoms. The maximum absolute atomic E-state index is 13.8. The van der Waals surface area contributed by atoms with Crippen LogP contribution in [0, 0.1) is 5.82 Å². The van der Waals surface area contributed by atoms with Gasteiger partial charge in [0.15, 0.2) is 5.96 Å². The number of halogens is 6. The van der Waals surface area contributed by atoms with Gasteiger partial charge in [-0.1, -0.05) is 17.7 Å². The molecule has 1 aliphatic rings. The summed E-state index contributed by atoms with van der Waals surface area (Å²) in [5.41, 5.74) is -4.92. The minimum atomic E-state index is -5.30. The van der Waals surface area contributed by atoms with Gasteiger partial charge < -0.3 is 10.6 Å². The maximum atomic E-state index is 13.8. The van der Waals surface area contributed by atoms with Crippen molar-refractivity contribution >= 4 is 51.6 Å². The molecule has 166 valence electrons. The summed E-state index contributed by atoms with van der Waals surface area (Å²) in [5.74, 6) is -0.0138. The largest absolute Gasteiger partial charge is 0.511 e. The van der Waals surface area contributed by atoms with Gasteiger partial charge in [0, 0.05) is 43.3 Å². The molecule has 6 nitrogen and oxygen atoms in total. The molecule has 13 heteroatoms. The third kappa shape index (κ3) is 6.82. The van der Waals surface area contributed by atoms with E-state index in [1.165, 1.54) is 19.2 Å². The Labute approximate surface area is 189 Å². The Morgan fingerprint density at radius 3 is 2.45 bits per heavy atom. The van der Waals surface area contributed by atoms with Crippen molar-refractivity contribution in [2.24, 2.45) is 4.99 Å². The second-order valence-electron chi connectivity index (χ2n) is 6.22. The fourth-order valence-corrected chi connectivity index (χ4v) is 4.09. The van der Waals surface area contributed by atoms with Gasteiger partial charge in [0.2, 0.25) is 0 Å². The number of hydrogen-bond donors (Lipinski definition) is 2. The number of piperidine rings is 1. The van der Waals surface area contributed by atoms with E-state index in [-0.39, 0.29) is 55.9 Å². The van der Waals surface area contributed by atoms with E-state index in [2.05, 4.69) is 15.6 Å². The number of nitrogens with one attached hydrogen (secondary N) is 2. The molecule has 0 aromatic heterocycles. The molecule has 1 aliphatic heterocycles. The van der Waals surface area contributed by atoms with Crippen LogP contribution in [0.15, 0.2) is 23.2 Å². The Morgan fingerprint density at radius 2 is 1.93 bits per heavy atom. The monoisotopic (exact) mass is 572 g/mol. The lowest BCUT2D eigenvalue weighted by Gasteiger charge is -2.32. The fraction of sp³-hybridized carbons (Fsp3) is 0.562. The van der Waals surface area contributed by atoms with Crippen LogP contribution in [0.4, 0.5) is 17.6 Å². The molecule has 29 heavy (non-hydrogen) atoms. The first-order valence-electron chi connectivity index (χ1n) is 8.52. The van der Waals surface area contributed by atoms with E-state index < -0.39 is 21.3 Å². The van der Waals surface area contributed by atoms with Crippen molar-refractivity contribution in [3.63, 3.8) is 0 Å². The van der Waals surface area contributed by atoms with Crippen molar-refractivity contribution in [3.8, 4) is 0 Å². The number of sulfonamides is 1. The van der Waals surface area contributed by atoms with Crippen molar-refractivity contribution < 1.29 is 26.0 Å². The van der Waals surface area contributed by atoms with Crippen LogP contribution in [-0.2, 0) is 16.4 Å². The normalized spacial score (nSPS) is 17.0. The number of nitrogens with zero attached hydrogens (tertiary/aromatic N) is 2. The summed E-state index contributed by atoms with van der Waals surface area (Å²) in [7, 11) is -3.78. The van der Waals surface area contributed by atoms with Crippen molar-refractivity contribution in [2.45, 2.75) is 30.8 Å². The molecule has 0 atom stereocenters. The summed E-state index contributed by atoms with van der Waals surface area (Å²) >= 11 is 5.97. The Balaban J connectivity index is 0.00000420. The van der Waals surface area contributed by atoms with Gasteiger partial charge in [0.25, 0.3) is 0 Å². The molecule has 2 rings (SSSR count). The van der Waals surface area contributed by atoms with E-state index in [9.17, 15) is 26.0 Å². The smallest absolute Gasteiger partial charge is 0.356 e. The van der Waals surface area contributed by atoms with Crippen LogP contribution in [-0.4, -0.2) is 56.9 Å². The molecule has 2 N–H and O–H groups in total. The predicted molar refractivity (Wildman–Crippen MR) is 115 cm³/mol. The third-order valence-corrected chi connectivity index (χ3v) is 6.36. The van der Waals surface area contributed by atoms with E-state index in [1.807, 2.05) is 0 Å². The molecule has 0 spiro atoms. The van der Waals surface area contributed by atoms with E-state index in [1.54, 1.807) is 6.07 Å². The molecule has 0 unspecified atom stereocenters. The third-order valence-electron chi connectivity index (χ3n) is 4.38. The summed E-state index contributed by atoms with van der Waals surface area (Å²) in [6.07, 6.45) is 0.721. The highest BCUT2D eigenvalue weighted by molar-refractivity contribution is 14.0. The molecule has 0 aliphatic carbocycles. The summed E-state index contributed by atoms with van der Waals surface area (Å²) < 4.78 is 74.9. The van der Waals surface area contributed by atoms with Crippen molar-refractivity contribution in [1.82, 2.24) is 14.9 Å². The SMILES string of the molecule is CN=C(NCCc1c(F)cccc1Cl)NC1CCN(S(=O)(=O)C(F)(F)F)CC1.I. The molecular weight excluding hydrogens is 551 g/mol. The molecule has 1 heterocycles. The molecule has 1 fully saturated rings. The highest BCUT2D eigenvalue weighted by Gasteiger charge is 2.50. The Kier molecular flexibility index (Phi) is 9.89. The summed E-state index contributed by atoms with van der Waals surface area (Å²) in [6.45, 7) is -0.135. The van der Waals surface area contributed by atoms with E-state index in [0.29, 0.717) is 33.8 Å². The lowest BCUT2D eigenvalue weighted by Crippen LogP contribution is -2.51. The first kappa shape index (κ1) is 26.2. The minimum Gasteiger partial charge on any atom is -0.356 e. The zero-order chi connectivity index (χ0) is 20.9. The second kappa shape index (κ2) is 11.0. The molecular formula is C16H22ClF4IN4O2S. The number of rotatable bonds is 5. The van der Waals surface area contributed by atoms with E-state index in [0.717, 1.165) is 0 Å².